The molecule has 0 N–H and O–H groups in total. The van der Waals surface area contributed by atoms with Crippen molar-refractivity contribution in [1.82, 2.24) is 0 Å². The van der Waals surface area contributed by atoms with Gasteiger partial charge in [0.05, 0.1) is 7.11 Å². The third kappa shape index (κ3) is 2.54. The van der Waals surface area contributed by atoms with Gasteiger partial charge < -0.3 is 9.47 Å². The number of methoxy groups -OCH3 is 1. The molecule has 0 fully saturated rings. The number of carbonyl (C=O) groups is 1. The van der Waals surface area contributed by atoms with Gasteiger partial charge in [0, 0.05) is 0 Å². The van der Waals surface area contributed by atoms with Crippen molar-refractivity contribution in [2.75, 3.05) is 7.11 Å². The maximum Gasteiger partial charge on any atom is 0.514 e. The van der Waals surface area contributed by atoms with E-state index in [9.17, 15) is 26.7 Å². The van der Waals surface area contributed by atoms with E-state index in [4.69, 9.17) is 0 Å². The molecular weight excluding hydrogens is 251 g/mol. The maximum absolute atomic E-state index is 13.0. The molecule has 0 amide bonds. The molecule has 0 aromatic heterocycles. The van der Waals surface area contributed by atoms with Crippen LogP contribution in [0.2, 0.25) is 0 Å². The third-order valence-corrected chi connectivity index (χ3v) is 1.55. The van der Waals surface area contributed by atoms with Gasteiger partial charge in [-0.25, -0.2) is 13.6 Å². The SMILES string of the molecule is COC(=O)OC1=C=C(F)C(F)=C(F)C(F)=C1F. The van der Waals surface area contributed by atoms with E-state index in [-0.39, 0.29) is 0 Å². The second-order valence-electron chi connectivity index (χ2n) is 2.58. The summed E-state index contributed by atoms with van der Waals surface area (Å²) < 4.78 is 71.8. The van der Waals surface area contributed by atoms with Crippen LogP contribution in [-0.4, -0.2) is 13.3 Å². The summed E-state index contributed by atoms with van der Waals surface area (Å²) in [5.74, 6) is -12.7. The minimum absolute atomic E-state index is 0.830. The molecule has 92 valence electrons. The summed E-state index contributed by atoms with van der Waals surface area (Å²) >= 11 is 0. The minimum atomic E-state index is -2.39. The van der Waals surface area contributed by atoms with Crippen LogP contribution >= 0.6 is 0 Å². The van der Waals surface area contributed by atoms with Crippen LogP contribution < -0.4 is 0 Å². The summed E-state index contributed by atoms with van der Waals surface area (Å²) in [5.41, 5.74) is 1.20. The lowest BCUT2D eigenvalue weighted by atomic mass is 10.3. The van der Waals surface area contributed by atoms with E-state index < -0.39 is 41.0 Å². The molecule has 0 radical (unpaired) electrons. The van der Waals surface area contributed by atoms with Gasteiger partial charge in [-0.2, -0.15) is 13.2 Å². The van der Waals surface area contributed by atoms with Gasteiger partial charge in [-0.1, -0.05) is 0 Å². The highest BCUT2D eigenvalue weighted by Crippen LogP contribution is 2.33. The monoisotopic (exact) mass is 254 g/mol. The molecule has 0 bridgehead atoms. The summed E-state index contributed by atoms with van der Waals surface area (Å²) in [7, 11) is 0.830. The lowest BCUT2D eigenvalue weighted by Crippen LogP contribution is -2.04. The molecule has 0 heterocycles. The first-order chi connectivity index (χ1) is 7.88. The molecular formula is C9H3F5O3. The molecule has 1 aliphatic carbocycles. The van der Waals surface area contributed by atoms with Gasteiger partial charge in [-0.3, -0.25) is 0 Å². The summed E-state index contributed by atoms with van der Waals surface area (Å²) in [6, 6.07) is 0. The zero-order valence-electron chi connectivity index (χ0n) is 8.11. The largest absolute Gasteiger partial charge is 0.514 e. The van der Waals surface area contributed by atoms with Gasteiger partial charge in [-0.15, -0.1) is 0 Å². The highest BCUT2D eigenvalue weighted by atomic mass is 19.2. The predicted molar refractivity (Wildman–Crippen MR) is 43.6 cm³/mol. The van der Waals surface area contributed by atoms with E-state index in [0.717, 1.165) is 7.11 Å². The second kappa shape index (κ2) is 4.84. The fourth-order valence-corrected chi connectivity index (χ4v) is 0.793. The topological polar surface area (TPSA) is 35.5 Å². The van der Waals surface area contributed by atoms with Crippen molar-refractivity contribution in [1.29, 1.82) is 0 Å². The molecule has 17 heavy (non-hydrogen) atoms. The Morgan fingerprint density at radius 1 is 1.00 bits per heavy atom. The number of hydrogen-bond donors (Lipinski definition) is 0. The molecule has 0 unspecified atom stereocenters. The van der Waals surface area contributed by atoms with Crippen molar-refractivity contribution >= 4 is 6.16 Å². The number of hydrogen-bond acceptors (Lipinski definition) is 3. The van der Waals surface area contributed by atoms with Crippen LogP contribution in [0.1, 0.15) is 0 Å². The first kappa shape index (κ1) is 13.0. The standard InChI is InChI=1S/C9H3F5O3/c1-16-9(15)17-4-2-3(10)5(11)7(13)8(14)6(4)12/h1H3. The molecule has 0 aliphatic heterocycles. The highest BCUT2D eigenvalue weighted by molar-refractivity contribution is 5.62. The Morgan fingerprint density at radius 3 is 2.06 bits per heavy atom. The Balaban J connectivity index is 3.32. The number of rotatable bonds is 1. The van der Waals surface area contributed by atoms with Crippen LogP contribution in [0.4, 0.5) is 26.7 Å². The van der Waals surface area contributed by atoms with Crippen LogP contribution in [0.3, 0.4) is 0 Å². The molecule has 0 atom stereocenters. The van der Waals surface area contributed by atoms with Crippen LogP contribution in [0, 0.1) is 0 Å². The Kier molecular flexibility index (Phi) is 3.69. The normalized spacial score (nSPS) is 16.4. The van der Waals surface area contributed by atoms with Crippen LogP contribution in [0.15, 0.2) is 40.6 Å². The number of allylic oxidation sites excluding steroid dienone is 4. The van der Waals surface area contributed by atoms with Crippen LogP contribution in [0.5, 0.6) is 0 Å². The molecule has 0 saturated heterocycles. The first-order valence-electron chi connectivity index (χ1n) is 3.92. The smallest absolute Gasteiger partial charge is 0.437 e. The average molecular weight is 254 g/mol. The van der Waals surface area contributed by atoms with Gasteiger partial charge in [0.1, 0.15) is 0 Å². The van der Waals surface area contributed by atoms with Crippen molar-refractivity contribution in [3.05, 3.63) is 40.6 Å². The molecule has 3 nitrogen and oxygen atoms in total. The van der Waals surface area contributed by atoms with E-state index in [1.165, 1.54) is 5.73 Å². The van der Waals surface area contributed by atoms with E-state index in [1.807, 2.05) is 0 Å². The lowest BCUT2D eigenvalue weighted by molar-refractivity contribution is 0.0965. The van der Waals surface area contributed by atoms with E-state index >= 15 is 0 Å². The van der Waals surface area contributed by atoms with Crippen LogP contribution in [-0.2, 0) is 9.47 Å². The van der Waals surface area contributed by atoms with E-state index in [1.54, 1.807) is 0 Å². The second-order valence-corrected chi connectivity index (χ2v) is 2.58. The predicted octanol–water partition coefficient (Wildman–Crippen LogP) is 3.42. The average Bonchev–Trinajstić information content (AvgIpc) is 2.38. The molecule has 0 aromatic carbocycles. The van der Waals surface area contributed by atoms with Gasteiger partial charge in [0.25, 0.3) is 0 Å². The zero-order valence-corrected chi connectivity index (χ0v) is 8.11. The van der Waals surface area contributed by atoms with E-state index in [0.29, 0.717) is 0 Å². The Bertz CT molecular complexity index is 497. The number of carbonyl (C=O) groups excluding carboxylic acids is 1. The van der Waals surface area contributed by atoms with Crippen molar-refractivity contribution in [3.63, 3.8) is 0 Å². The molecule has 1 aliphatic rings. The summed E-state index contributed by atoms with van der Waals surface area (Å²) in [4.78, 5) is 10.6. The van der Waals surface area contributed by atoms with E-state index in [2.05, 4.69) is 9.47 Å². The molecule has 0 spiro atoms. The summed E-state index contributed by atoms with van der Waals surface area (Å²) in [5, 5.41) is 0. The fraction of sp³-hybridized carbons (Fsp3) is 0.111. The quantitative estimate of drug-likeness (QED) is 0.408. The Morgan fingerprint density at radius 2 is 1.53 bits per heavy atom. The lowest BCUT2D eigenvalue weighted by Gasteiger charge is -2.02. The maximum atomic E-state index is 13.0. The van der Waals surface area contributed by atoms with Gasteiger partial charge in [0.2, 0.25) is 34.9 Å². The third-order valence-electron chi connectivity index (χ3n) is 1.55. The van der Waals surface area contributed by atoms with Gasteiger partial charge in [-0.05, 0) is 5.73 Å². The van der Waals surface area contributed by atoms with Crippen molar-refractivity contribution in [2.45, 2.75) is 0 Å². The van der Waals surface area contributed by atoms with Crippen LogP contribution in [0.25, 0.3) is 0 Å². The number of ether oxygens (including phenoxy) is 2. The molecule has 0 saturated carbocycles. The number of halogens is 5. The van der Waals surface area contributed by atoms with Gasteiger partial charge >= 0.3 is 6.16 Å². The van der Waals surface area contributed by atoms with Crippen molar-refractivity contribution < 1.29 is 36.2 Å². The molecule has 8 heteroatoms. The molecule has 0 aromatic rings. The van der Waals surface area contributed by atoms with Crippen molar-refractivity contribution in [2.24, 2.45) is 0 Å². The first-order valence-corrected chi connectivity index (χ1v) is 3.92. The molecule has 1 rings (SSSR count). The zero-order chi connectivity index (χ0) is 13.2. The Labute approximate surface area is 91.1 Å². The summed E-state index contributed by atoms with van der Waals surface area (Å²) in [6.45, 7) is 0. The van der Waals surface area contributed by atoms with Crippen molar-refractivity contribution in [3.8, 4) is 0 Å². The van der Waals surface area contributed by atoms with Gasteiger partial charge in [0.15, 0.2) is 0 Å². The summed E-state index contributed by atoms with van der Waals surface area (Å²) in [6.07, 6.45) is -1.54. The highest BCUT2D eigenvalue weighted by Gasteiger charge is 2.28. The minimum Gasteiger partial charge on any atom is -0.437 e. The fourth-order valence-electron chi connectivity index (χ4n) is 0.793. The Hall–Kier alpha value is -2.08.